The van der Waals surface area contributed by atoms with Crippen molar-refractivity contribution in [3.63, 3.8) is 0 Å². The van der Waals surface area contributed by atoms with Crippen LogP contribution >= 0.6 is 0 Å². The highest BCUT2D eigenvalue weighted by Gasteiger charge is 2.08. The molecular formula is C44H90N2O4. The Bertz CT molecular complexity index is 3090. The van der Waals surface area contributed by atoms with E-state index >= 15 is 0 Å². The fourth-order valence-electron chi connectivity index (χ4n) is 2.75. The molecule has 1 aliphatic rings. The lowest BCUT2D eigenvalue weighted by Crippen LogP contribution is -2.34. The molecule has 0 bridgehead atoms. The van der Waals surface area contributed by atoms with Gasteiger partial charge in [-0.05, 0) is 25.7 Å². The fourth-order valence-corrected chi connectivity index (χ4v) is 2.75. The maximum atomic E-state index is 8.94. The number of hydrogen-bond donors (Lipinski definition) is 0. The lowest BCUT2D eigenvalue weighted by molar-refractivity contribution is 0.00776. The molecule has 1 rings (SSSR count). The molecule has 50 heavy (non-hydrogen) atoms. The summed E-state index contributed by atoms with van der Waals surface area (Å²) in [6.45, 7) is -26.4. The van der Waals surface area contributed by atoms with Gasteiger partial charge in [0.1, 0.15) is 0 Å². The molecule has 0 aromatic heterocycles. The first kappa shape index (κ1) is 8.83. The molecule has 0 aromatic carbocycles. The second-order valence-corrected chi connectivity index (χ2v) is 8.15. The smallest absolute Gasteiger partial charge is 0.0701 e. The topological polar surface area (TPSA) is 43.4 Å². The van der Waals surface area contributed by atoms with Crippen molar-refractivity contribution in [3.05, 3.63) is 0 Å². The number of rotatable bonds is 30. The predicted molar refractivity (Wildman–Crippen MR) is 217 cm³/mol. The predicted octanol–water partition coefficient (Wildman–Crippen LogP) is 11.6. The Morgan fingerprint density at radius 3 is 0.780 bits per heavy atom. The molecule has 0 aliphatic carbocycles. The minimum Gasteiger partial charge on any atom is -0.378 e. The van der Waals surface area contributed by atoms with Crippen LogP contribution in [0.25, 0.3) is 0 Å². The summed E-state index contributed by atoms with van der Waals surface area (Å²) in [7, 11) is 0. The molecular weight excluding hydrogens is 620 g/mol. The Hall–Kier alpha value is -0.240. The summed E-state index contributed by atoms with van der Waals surface area (Å²) >= 11 is 0. The van der Waals surface area contributed by atoms with E-state index in [1.54, 1.807) is 0 Å². The van der Waals surface area contributed by atoms with Crippen LogP contribution in [-0.4, -0.2) is 102 Å². The van der Waals surface area contributed by atoms with Crippen molar-refractivity contribution in [2.75, 3.05) is 92.0 Å². The van der Waals surface area contributed by atoms with Crippen molar-refractivity contribution in [1.29, 1.82) is 0 Å². The third-order valence-electron chi connectivity index (χ3n) is 4.82. The number of hydrogen-bond acceptors (Lipinski definition) is 6. The standard InChI is InChI=1S/C44H90N2O4/c1-3-5-7-9-11-13-15-17-19-21-23-25-27-29-31-45-33-37-47-41-43-49-39-35-46(36-40-50-44-42-48-38-34-45)32-30-28-26-24-22-20-18-16-14-12-10-8-6-4-2/h3-44H2,1-2H3/i1D3,2D3,3D2,4D2,5D2,6D2,7D2,8D2,9D2,10D2,11D2,12D2,13D2,14D2,15D2,16D2,17D2,18D2,19D2,20D2,21D2,22D2,23D2,24D2,25D2,26D2,27D2,28D2,29D2,30D2,31D2,32D2. The van der Waals surface area contributed by atoms with E-state index in [1.807, 2.05) is 0 Å². The molecule has 6 nitrogen and oxygen atoms in total. The van der Waals surface area contributed by atoms with Crippen LogP contribution in [0.2, 0.25) is 0 Å². The maximum Gasteiger partial charge on any atom is 0.0701 e. The van der Waals surface area contributed by atoms with E-state index in [0.29, 0.717) is 9.80 Å². The SMILES string of the molecule is [2H]C([2H])([2H])C([2H])([2H])C([2H])([2H])C([2H])([2H])C([2H])([2H])C([2H])([2H])C([2H])([2H])C([2H])([2H])C([2H])([2H])C([2H])([2H])C([2H])([2H])C([2H])([2H])C([2H])([2H])C([2H])([2H])C([2H])([2H])C([2H])([2H])N1CCOCCOCCN(C([2H])([2H])C([2H])([2H])C([2H])([2H])C([2H])([2H])C([2H])([2H])C([2H])([2H])C([2H])([2H])C([2H])([2H])C([2H])([2H])C([2H])([2H])C([2H])([2H])C([2H])([2H])C([2H])([2H])C([2H])([2H])C([2H])([2H])C([2H])([2H])[2H])CCOCCOCC1. The average molecular weight is 778 g/mol. The van der Waals surface area contributed by atoms with Crippen LogP contribution in [0.5, 0.6) is 0 Å². The molecule has 0 aromatic rings. The third kappa shape index (κ3) is 36.1. The lowest BCUT2D eigenvalue weighted by atomic mass is 10.0. The van der Waals surface area contributed by atoms with Gasteiger partial charge in [-0.3, -0.25) is 9.80 Å². The van der Waals surface area contributed by atoms with Crippen LogP contribution in [0, 0.1) is 0 Å². The quantitative estimate of drug-likeness (QED) is 0.0724. The first-order chi connectivity index (χ1) is 49.7. The second-order valence-electron chi connectivity index (χ2n) is 8.15. The molecule has 0 spiro atoms. The molecule has 1 heterocycles. The Labute approximate surface area is 406 Å². The van der Waals surface area contributed by atoms with Gasteiger partial charge < -0.3 is 18.9 Å². The minimum atomic E-state index is -5.34. The van der Waals surface area contributed by atoms with Crippen molar-refractivity contribution in [2.45, 2.75) is 192 Å². The Balaban J connectivity index is 3.83. The zero-order chi connectivity index (χ0) is 94.5. The van der Waals surface area contributed by atoms with Crippen molar-refractivity contribution < 1.29 is 109 Å². The Kier molecular flexibility index (Phi) is 7.33. The zero-order valence-electron chi connectivity index (χ0n) is 93.0. The van der Waals surface area contributed by atoms with Crippen LogP contribution in [0.1, 0.15) is 283 Å². The van der Waals surface area contributed by atoms with Crippen molar-refractivity contribution in [3.8, 4) is 0 Å². The summed E-state index contributed by atoms with van der Waals surface area (Å²) in [4.78, 5) is 0.660. The summed E-state index contributed by atoms with van der Waals surface area (Å²) in [6, 6.07) is 0. The van der Waals surface area contributed by atoms with Crippen LogP contribution < -0.4 is 0 Å². The number of nitrogens with zero attached hydrogens (tertiary/aromatic N) is 2. The monoisotopic (exact) mass is 777 g/mol. The Morgan fingerprint density at radius 1 is 0.320 bits per heavy atom. The van der Waals surface area contributed by atoms with Crippen molar-refractivity contribution in [2.24, 2.45) is 0 Å². The summed E-state index contributed by atoms with van der Waals surface area (Å²) in [6.07, 6.45) is -142. The number of ether oxygens (including phenoxy) is 4. The summed E-state index contributed by atoms with van der Waals surface area (Å²) in [5.74, 6) is 0. The van der Waals surface area contributed by atoms with E-state index in [9.17, 15) is 0 Å². The molecule has 0 amide bonds. The highest BCUT2D eigenvalue weighted by atomic mass is 16.5. The molecule has 0 saturated carbocycles. The summed E-state index contributed by atoms with van der Waals surface area (Å²) in [5, 5.41) is 0. The Morgan fingerprint density at radius 2 is 0.540 bits per heavy atom. The molecule has 0 N–H and O–H groups in total. The molecule has 0 atom stereocenters. The third-order valence-corrected chi connectivity index (χ3v) is 4.82. The van der Waals surface area contributed by atoms with E-state index in [4.69, 9.17) is 109 Å². The van der Waals surface area contributed by atoms with Gasteiger partial charge in [-0.1, -0.05) is 179 Å². The molecule has 1 saturated heterocycles. The molecule has 0 unspecified atom stereocenters. The second kappa shape index (κ2) is 41.5. The van der Waals surface area contributed by atoms with Crippen LogP contribution in [-0.2, 0) is 18.9 Å². The molecule has 300 valence electrons. The van der Waals surface area contributed by atoms with Gasteiger partial charge in [0.25, 0.3) is 0 Å². The van der Waals surface area contributed by atoms with Gasteiger partial charge in [-0.2, -0.15) is 0 Å². The largest absolute Gasteiger partial charge is 0.378 e. The summed E-state index contributed by atoms with van der Waals surface area (Å²) in [5.41, 5.74) is 0. The van der Waals surface area contributed by atoms with E-state index in [2.05, 4.69) is 0 Å². The molecule has 1 aliphatic heterocycles. The molecule has 6 heteroatoms. The average Bonchev–Trinajstić information content (AvgIpc) is 0.677. The van der Waals surface area contributed by atoms with Crippen molar-refractivity contribution >= 4 is 0 Å². The highest BCUT2D eigenvalue weighted by molar-refractivity contribution is 4.61. The van der Waals surface area contributed by atoms with Crippen molar-refractivity contribution in [1.82, 2.24) is 9.80 Å². The molecule has 1 fully saturated rings. The first-order valence-corrected chi connectivity index (χ1v) is 14.5. The van der Waals surface area contributed by atoms with Gasteiger partial charge in [-0.25, -0.2) is 0 Å². The van der Waals surface area contributed by atoms with Gasteiger partial charge in [0, 0.05) is 117 Å². The minimum absolute atomic E-state index is 0.330. The van der Waals surface area contributed by atoms with E-state index < -0.39 is 284 Å². The van der Waals surface area contributed by atoms with Gasteiger partial charge in [-0.15, -0.1) is 0 Å². The normalized spacial score (nSPS) is 45.8. The fraction of sp³-hybridized carbons (Fsp3) is 1.00. The van der Waals surface area contributed by atoms with Crippen LogP contribution in [0.4, 0.5) is 0 Å². The molecule has 0 radical (unpaired) electrons. The van der Waals surface area contributed by atoms with E-state index in [0.717, 1.165) is 0 Å². The maximum absolute atomic E-state index is 8.94. The highest BCUT2D eigenvalue weighted by Crippen LogP contribution is 2.15. The lowest BCUT2D eigenvalue weighted by Gasteiger charge is -2.23. The van der Waals surface area contributed by atoms with Gasteiger partial charge >= 0.3 is 0 Å². The van der Waals surface area contributed by atoms with E-state index in [-0.39, 0.29) is 0 Å². The first-order valence-electron chi connectivity index (χ1n) is 47.5. The summed E-state index contributed by atoms with van der Waals surface area (Å²) < 4.78 is 574. The van der Waals surface area contributed by atoms with Crippen LogP contribution in [0.15, 0.2) is 0 Å². The van der Waals surface area contributed by atoms with Gasteiger partial charge in [0.15, 0.2) is 0 Å². The van der Waals surface area contributed by atoms with Gasteiger partial charge in [0.2, 0.25) is 0 Å². The van der Waals surface area contributed by atoms with Gasteiger partial charge in [0.05, 0.1) is 52.9 Å². The zero-order valence-corrected chi connectivity index (χ0v) is 27.0. The van der Waals surface area contributed by atoms with E-state index in [1.165, 1.54) is 0 Å². The van der Waals surface area contributed by atoms with Crippen LogP contribution in [0.3, 0.4) is 0 Å².